The number of para-hydroxylation sites is 1. The van der Waals surface area contributed by atoms with Crippen LogP contribution in [0.4, 0.5) is 5.69 Å². The summed E-state index contributed by atoms with van der Waals surface area (Å²) in [4.78, 5) is 4.07. The van der Waals surface area contributed by atoms with Crippen molar-refractivity contribution in [2.75, 3.05) is 5.73 Å². The van der Waals surface area contributed by atoms with Crippen LogP contribution in [0.25, 0.3) is 11.4 Å². The first kappa shape index (κ1) is 8.00. The Hall–Kier alpha value is -1.62. The van der Waals surface area contributed by atoms with E-state index in [1.54, 1.807) is 0 Å². The minimum atomic E-state index is 0.429. The van der Waals surface area contributed by atoms with Gasteiger partial charge in [0.1, 0.15) is 0 Å². The molecule has 66 valence electrons. The maximum Gasteiger partial charge on any atom is 0.213 e. The molecule has 0 saturated carbocycles. The van der Waals surface area contributed by atoms with E-state index < -0.39 is 0 Å². The molecule has 0 spiro atoms. The van der Waals surface area contributed by atoms with Crippen LogP contribution in [0.1, 0.15) is 0 Å². The van der Waals surface area contributed by atoms with Crippen molar-refractivity contribution < 1.29 is 0 Å². The molecule has 0 amide bonds. The molecule has 1 aromatic carbocycles. The zero-order valence-corrected chi connectivity index (χ0v) is 7.56. The molecule has 0 fully saturated rings. The molecule has 4 nitrogen and oxygen atoms in total. The van der Waals surface area contributed by atoms with E-state index in [9.17, 15) is 0 Å². The third-order valence-electron chi connectivity index (χ3n) is 1.72. The van der Waals surface area contributed by atoms with E-state index in [0.29, 0.717) is 16.3 Å². The Bertz CT molecular complexity index is 471. The van der Waals surface area contributed by atoms with Gasteiger partial charge in [-0.25, -0.2) is 0 Å². The highest BCUT2D eigenvalue weighted by Crippen LogP contribution is 2.20. The minimum absolute atomic E-state index is 0.429. The van der Waals surface area contributed by atoms with Crippen molar-refractivity contribution in [2.24, 2.45) is 0 Å². The number of nitrogen functional groups attached to an aromatic ring is 1. The molecule has 2 rings (SSSR count). The number of nitrogens with zero attached hydrogens (tertiary/aromatic N) is 1. The van der Waals surface area contributed by atoms with E-state index in [2.05, 4.69) is 15.2 Å². The lowest BCUT2D eigenvalue weighted by atomic mass is 10.2. The number of aromatic amines is 2. The standard InChI is InChI=1S/C8H8N4S/c9-6-4-2-1-3-5(6)7-10-8(13)12-11-7/h1-4H,9H2,(H2,10,11,12,13). The number of nitrogens with one attached hydrogen (secondary N) is 2. The van der Waals surface area contributed by atoms with Gasteiger partial charge in [0.25, 0.3) is 0 Å². The Morgan fingerprint density at radius 2 is 2.00 bits per heavy atom. The highest BCUT2D eigenvalue weighted by atomic mass is 32.1. The van der Waals surface area contributed by atoms with E-state index in [4.69, 9.17) is 18.0 Å². The van der Waals surface area contributed by atoms with Gasteiger partial charge in [-0.3, -0.25) is 10.2 Å². The highest BCUT2D eigenvalue weighted by Gasteiger charge is 2.03. The number of H-pyrrole nitrogens is 2. The van der Waals surface area contributed by atoms with Crippen LogP contribution in [0.3, 0.4) is 0 Å². The van der Waals surface area contributed by atoms with Gasteiger partial charge in [0.2, 0.25) is 4.77 Å². The maximum atomic E-state index is 5.75. The van der Waals surface area contributed by atoms with Crippen LogP contribution in [0.5, 0.6) is 0 Å². The van der Waals surface area contributed by atoms with Gasteiger partial charge < -0.3 is 5.73 Å². The minimum Gasteiger partial charge on any atom is -0.398 e. The Balaban J connectivity index is 2.58. The summed E-state index contributed by atoms with van der Waals surface area (Å²) in [6.45, 7) is 0. The second-order valence-corrected chi connectivity index (χ2v) is 2.99. The van der Waals surface area contributed by atoms with Crippen LogP contribution in [0.15, 0.2) is 24.3 Å². The molecule has 0 aliphatic rings. The van der Waals surface area contributed by atoms with Crippen molar-refractivity contribution in [1.29, 1.82) is 0 Å². The van der Waals surface area contributed by atoms with Crippen molar-refractivity contribution in [3.63, 3.8) is 0 Å². The van der Waals surface area contributed by atoms with E-state index in [-0.39, 0.29) is 0 Å². The van der Waals surface area contributed by atoms with Crippen molar-refractivity contribution >= 4 is 17.9 Å². The van der Waals surface area contributed by atoms with Crippen LogP contribution in [-0.4, -0.2) is 15.2 Å². The van der Waals surface area contributed by atoms with Gasteiger partial charge in [0.05, 0.1) is 0 Å². The number of aromatic nitrogens is 3. The molecule has 1 aromatic heterocycles. The zero-order valence-electron chi connectivity index (χ0n) is 6.74. The van der Waals surface area contributed by atoms with E-state index in [1.165, 1.54) is 0 Å². The van der Waals surface area contributed by atoms with Crippen LogP contribution >= 0.6 is 12.2 Å². The molecule has 5 heteroatoms. The topological polar surface area (TPSA) is 70.5 Å². The normalized spacial score (nSPS) is 10.2. The fourth-order valence-electron chi connectivity index (χ4n) is 1.11. The number of anilines is 1. The molecule has 0 unspecified atom stereocenters. The van der Waals surface area contributed by atoms with E-state index >= 15 is 0 Å². The Morgan fingerprint density at radius 1 is 1.23 bits per heavy atom. The first-order chi connectivity index (χ1) is 6.27. The molecule has 0 aliphatic carbocycles. The molecular formula is C8H8N4S. The number of nitrogens with two attached hydrogens (primary N) is 1. The predicted octanol–water partition coefficient (Wildman–Crippen LogP) is 1.72. The van der Waals surface area contributed by atoms with Gasteiger partial charge in [-0.15, -0.1) is 0 Å². The summed E-state index contributed by atoms with van der Waals surface area (Å²) < 4.78 is 0.429. The van der Waals surface area contributed by atoms with Gasteiger partial charge in [0.15, 0.2) is 5.82 Å². The smallest absolute Gasteiger partial charge is 0.213 e. The van der Waals surface area contributed by atoms with Crippen molar-refractivity contribution in [2.45, 2.75) is 0 Å². The van der Waals surface area contributed by atoms with Gasteiger partial charge in [-0.1, -0.05) is 12.1 Å². The highest BCUT2D eigenvalue weighted by molar-refractivity contribution is 7.71. The molecule has 0 saturated heterocycles. The Labute approximate surface area is 79.8 Å². The van der Waals surface area contributed by atoms with Gasteiger partial charge in [-0.05, 0) is 24.4 Å². The van der Waals surface area contributed by atoms with Gasteiger partial charge >= 0.3 is 0 Å². The summed E-state index contributed by atoms with van der Waals surface area (Å²) in [5.41, 5.74) is 7.29. The van der Waals surface area contributed by atoms with Gasteiger partial charge in [0, 0.05) is 11.3 Å². The molecular weight excluding hydrogens is 184 g/mol. The van der Waals surface area contributed by atoms with Crippen LogP contribution < -0.4 is 5.73 Å². The van der Waals surface area contributed by atoms with Crippen LogP contribution in [0.2, 0.25) is 0 Å². The van der Waals surface area contributed by atoms with Crippen LogP contribution in [0, 0.1) is 4.77 Å². The summed E-state index contributed by atoms with van der Waals surface area (Å²) in [6.07, 6.45) is 0. The van der Waals surface area contributed by atoms with Crippen molar-refractivity contribution in [3.8, 4) is 11.4 Å². The zero-order chi connectivity index (χ0) is 9.26. The summed E-state index contributed by atoms with van der Waals surface area (Å²) in [7, 11) is 0. The fraction of sp³-hybridized carbons (Fsp3) is 0. The summed E-state index contributed by atoms with van der Waals surface area (Å²) in [5, 5.41) is 5.56. The summed E-state index contributed by atoms with van der Waals surface area (Å²) in [5.74, 6) is 0.670. The number of hydrogen-bond donors (Lipinski definition) is 3. The molecule has 0 aliphatic heterocycles. The SMILES string of the molecule is Nc1ccccc1-c1nc(=S)[nH][nH]1. The monoisotopic (exact) mass is 192 g/mol. The van der Waals surface area contributed by atoms with Crippen molar-refractivity contribution in [1.82, 2.24) is 15.2 Å². The average Bonchev–Trinajstić information content (AvgIpc) is 2.53. The second kappa shape index (κ2) is 3.02. The summed E-state index contributed by atoms with van der Waals surface area (Å²) in [6, 6.07) is 7.48. The lowest BCUT2D eigenvalue weighted by Gasteiger charge is -1.99. The maximum absolute atomic E-state index is 5.75. The van der Waals surface area contributed by atoms with E-state index in [0.717, 1.165) is 5.56 Å². The Morgan fingerprint density at radius 3 is 2.62 bits per heavy atom. The third-order valence-corrected chi connectivity index (χ3v) is 1.91. The average molecular weight is 192 g/mol. The fourth-order valence-corrected chi connectivity index (χ4v) is 1.25. The number of hydrogen-bond acceptors (Lipinski definition) is 3. The molecule has 2 aromatic rings. The Kier molecular flexibility index (Phi) is 1.86. The number of rotatable bonds is 1. The van der Waals surface area contributed by atoms with Crippen molar-refractivity contribution in [3.05, 3.63) is 29.0 Å². The molecule has 13 heavy (non-hydrogen) atoms. The number of benzene rings is 1. The molecule has 0 atom stereocenters. The third kappa shape index (κ3) is 1.46. The summed E-state index contributed by atoms with van der Waals surface area (Å²) >= 11 is 4.84. The molecule has 4 N–H and O–H groups in total. The molecule has 1 heterocycles. The first-order valence-corrected chi connectivity index (χ1v) is 4.18. The molecule has 0 bridgehead atoms. The quantitative estimate of drug-likeness (QED) is 0.476. The van der Waals surface area contributed by atoms with E-state index in [1.807, 2.05) is 24.3 Å². The predicted molar refractivity (Wildman–Crippen MR) is 53.6 cm³/mol. The molecule has 0 radical (unpaired) electrons. The largest absolute Gasteiger partial charge is 0.398 e. The lowest BCUT2D eigenvalue weighted by Crippen LogP contribution is -1.90. The lowest BCUT2D eigenvalue weighted by molar-refractivity contribution is 1.08. The second-order valence-electron chi connectivity index (χ2n) is 2.60. The first-order valence-electron chi connectivity index (χ1n) is 3.77. The van der Waals surface area contributed by atoms with Gasteiger partial charge in [-0.2, -0.15) is 4.98 Å². The van der Waals surface area contributed by atoms with Crippen LogP contribution in [-0.2, 0) is 0 Å².